The summed E-state index contributed by atoms with van der Waals surface area (Å²) < 4.78 is 11.6. The predicted octanol–water partition coefficient (Wildman–Crippen LogP) is 4.96. The molecule has 3 N–H and O–H groups in total. The van der Waals surface area contributed by atoms with Crippen molar-refractivity contribution in [3.63, 3.8) is 0 Å². The van der Waals surface area contributed by atoms with Crippen LogP contribution >= 0.6 is 15.9 Å². The van der Waals surface area contributed by atoms with E-state index in [9.17, 15) is 14.4 Å². The molecule has 0 saturated heterocycles. The lowest BCUT2D eigenvalue weighted by molar-refractivity contribution is -0.139. The van der Waals surface area contributed by atoms with Gasteiger partial charge in [-0.3, -0.25) is 4.79 Å². The molecule has 0 unspecified atom stereocenters. The zero-order valence-corrected chi connectivity index (χ0v) is 20.9. The summed E-state index contributed by atoms with van der Waals surface area (Å²) in [5, 5.41) is 14.7. The van der Waals surface area contributed by atoms with E-state index in [-0.39, 0.29) is 17.3 Å². The Labute approximate surface area is 216 Å². The van der Waals surface area contributed by atoms with Crippen LogP contribution in [-0.4, -0.2) is 36.1 Å². The number of aliphatic carboxylic acids is 1. The average molecular weight is 551 g/mol. The SMILES string of the molecule is CCOc1cc([C@H]2NC(=O)NC(c3ccccc3)=C2C(=O)c2ccccc2)c(Br)cc1OCC(=O)O. The van der Waals surface area contributed by atoms with Crippen molar-refractivity contribution in [2.24, 2.45) is 0 Å². The fraction of sp³-hybridized carbons (Fsp3) is 0.148. The third-order valence-corrected chi connectivity index (χ3v) is 6.13. The lowest BCUT2D eigenvalue weighted by atomic mass is 9.87. The van der Waals surface area contributed by atoms with Crippen LogP contribution in [0.25, 0.3) is 5.70 Å². The van der Waals surface area contributed by atoms with Gasteiger partial charge in [0.1, 0.15) is 0 Å². The molecule has 1 heterocycles. The molecule has 8 nitrogen and oxygen atoms in total. The minimum Gasteiger partial charge on any atom is -0.490 e. The Kier molecular flexibility index (Phi) is 7.70. The number of carboxylic acid groups (broad SMARTS) is 1. The molecule has 0 fully saturated rings. The lowest BCUT2D eigenvalue weighted by Crippen LogP contribution is -2.45. The number of halogens is 1. The topological polar surface area (TPSA) is 114 Å². The number of ketones is 1. The van der Waals surface area contributed by atoms with Crippen molar-refractivity contribution in [1.29, 1.82) is 0 Å². The summed E-state index contributed by atoms with van der Waals surface area (Å²) in [5.74, 6) is -0.881. The number of carboxylic acids is 1. The van der Waals surface area contributed by atoms with Gasteiger partial charge in [-0.15, -0.1) is 0 Å². The van der Waals surface area contributed by atoms with Crippen molar-refractivity contribution in [1.82, 2.24) is 10.6 Å². The molecule has 1 aliphatic rings. The van der Waals surface area contributed by atoms with Gasteiger partial charge in [-0.25, -0.2) is 9.59 Å². The summed E-state index contributed by atoms with van der Waals surface area (Å²) >= 11 is 3.52. The Hall–Kier alpha value is -4.11. The van der Waals surface area contributed by atoms with Crippen LogP contribution in [0.5, 0.6) is 11.5 Å². The third kappa shape index (κ3) is 5.41. The van der Waals surface area contributed by atoms with Crippen molar-refractivity contribution >= 4 is 39.4 Å². The molecule has 184 valence electrons. The van der Waals surface area contributed by atoms with Crippen molar-refractivity contribution in [3.05, 3.63) is 99.5 Å². The van der Waals surface area contributed by atoms with Gasteiger partial charge >= 0.3 is 12.0 Å². The molecule has 0 aliphatic carbocycles. The van der Waals surface area contributed by atoms with E-state index in [4.69, 9.17) is 14.6 Å². The minimum absolute atomic E-state index is 0.221. The van der Waals surface area contributed by atoms with Gasteiger partial charge in [-0.05, 0) is 30.2 Å². The first-order valence-electron chi connectivity index (χ1n) is 11.2. The average Bonchev–Trinajstić information content (AvgIpc) is 2.88. The number of hydrogen-bond acceptors (Lipinski definition) is 5. The monoisotopic (exact) mass is 550 g/mol. The molecule has 0 bridgehead atoms. The number of benzene rings is 3. The number of ether oxygens (including phenoxy) is 2. The van der Waals surface area contributed by atoms with Crippen LogP contribution in [0.2, 0.25) is 0 Å². The molecule has 0 aromatic heterocycles. The second-order valence-electron chi connectivity index (χ2n) is 7.82. The molecule has 1 atom stereocenters. The maximum atomic E-state index is 13.9. The van der Waals surface area contributed by atoms with Crippen LogP contribution in [0.4, 0.5) is 4.79 Å². The molecule has 4 rings (SSSR count). The van der Waals surface area contributed by atoms with Gasteiger partial charge in [0.2, 0.25) is 0 Å². The van der Waals surface area contributed by atoms with Crippen LogP contribution in [0.3, 0.4) is 0 Å². The zero-order chi connectivity index (χ0) is 25.7. The number of Topliss-reactive ketones (excluding diaryl/α,β-unsaturated/α-hetero) is 1. The van der Waals surface area contributed by atoms with Gasteiger partial charge in [0.15, 0.2) is 23.9 Å². The van der Waals surface area contributed by atoms with E-state index >= 15 is 0 Å². The van der Waals surface area contributed by atoms with Crippen LogP contribution in [0, 0.1) is 0 Å². The maximum Gasteiger partial charge on any atom is 0.341 e. The number of amides is 2. The first-order chi connectivity index (χ1) is 17.4. The molecule has 0 spiro atoms. The molecule has 0 saturated carbocycles. The fourth-order valence-electron chi connectivity index (χ4n) is 3.91. The van der Waals surface area contributed by atoms with E-state index in [0.717, 1.165) is 0 Å². The Bertz CT molecular complexity index is 1320. The van der Waals surface area contributed by atoms with Gasteiger partial charge in [0, 0.05) is 10.0 Å². The second-order valence-corrected chi connectivity index (χ2v) is 8.67. The summed E-state index contributed by atoms with van der Waals surface area (Å²) in [5.41, 5.74) is 2.43. The molecule has 3 aromatic rings. The van der Waals surface area contributed by atoms with E-state index in [1.54, 1.807) is 43.3 Å². The van der Waals surface area contributed by atoms with Crippen LogP contribution in [0.15, 0.2) is 82.8 Å². The Morgan fingerprint density at radius 1 is 0.972 bits per heavy atom. The Balaban J connectivity index is 1.90. The summed E-state index contributed by atoms with van der Waals surface area (Å²) in [6.07, 6.45) is 0. The number of nitrogens with one attached hydrogen (secondary N) is 2. The molecule has 2 amide bonds. The van der Waals surface area contributed by atoms with Gasteiger partial charge < -0.3 is 25.2 Å². The van der Waals surface area contributed by atoms with Crippen molar-refractivity contribution in [3.8, 4) is 11.5 Å². The van der Waals surface area contributed by atoms with Gasteiger partial charge in [0.05, 0.1) is 23.9 Å². The highest BCUT2D eigenvalue weighted by atomic mass is 79.9. The maximum absolute atomic E-state index is 13.9. The van der Waals surface area contributed by atoms with Crippen molar-refractivity contribution < 1.29 is 29.0 Å². The molecule has 0 radical (unpaired) electrons. The van der Waals surface area contributed by atoms with Gasteiger partial charge in [0.25, 0.3) is 0 Å². The van der Waals surface area contributed by atoms with E-state index in [0.29, 0.717) is 39.0 Å². The molecular weight excluding hydrogens is 528 g/mol. The van der Waals surface area contributed by atoms with E-state index in [1.807, 2.05) is 36.4 Å². The number of rotatable bonds is 9. The smallest absolute Gasteiger partial charge is 0.341 e. The second kappa shape index (κ2) is 11.1. The van der Waals surface area contributed by atoms with Gasteiger partial charge in [-0.1, -0.05) is 76.6 Å². The number of carbonyl (C=O) groups is 3. The highest BCUT2D eigenvalue weighted by Gasteiger charge is 2.35. The summed E-state index contributed by atoms with van der Waals surface area (Å²) in [7, 11) is 0. The molecule has 36 heavy (non-hydrogen) atoms. The van der Waals surface area contributed by atoms with E-state index in [1.165, 1.54) is 0 Å². The number of urea groups is 1. The summed E-state index contributed by atoms with van der Waals surface area (Å²) in [6.45, 7) is 1.53. The normalized spacial score (nSPS) is 15.1. The van der Waals surface area contributed by atoms with Crippen LogP contribution in [0.1, 0.15) is 34.5 Å². The standard InChI is InChI=1S/C27H23BrN2O6/c1-2-35-20-13-18(19(28)14-21(20)36-15-22(31)32)25-23(26(33)17-11-7-4-8-12-17)24(29-27(34)30-25)16-9-5-3-6-10-16/h3-14,25H,2,15H2,1H3,(H,31,32)(H2,29,30,34)/t25-/m1/s1. The number of hydrogen-bond donors (Lipinski definition) is 3. The Morgan fingerprint density at radius 3 is 2.25 bits per heavy atom. The lowest BCUT2D eigenvalue weighted by Gasteiger charge is -2.31. The van der Waals surface area contributed by atoms with Crippen LogP contribution in [-0.2, 0) is 4.79 Å². The fourth-order valence-corrected chi connectivity index (χ4v) is 4.46. The van der Waals surface area contributed by atoms with Crippen molar-refractivity contribution in [2.45, 2.75) is 13.0 Å². The molecule has 9 heteroatoms. The first kappa shape index (κ1) is 25.0. The van der Waals surface area contributed by atoms with Gasteiger partial charge in [-0.2, -0.15) is 0 Å². The predicted molar refractivity (Wildman–Crippen MR) is 137 cm³/mol. The Morgan fingerprint density at radius 2 is 1.61 bits per heavy atom. The summed E-state index contributed by atoms with van der Waals surface area (Å²) in [6, 6.07) is 19.8. The summed E-state index contributed by atoms with van der Waals surface area (Å²) in [4.78, 5) is 37.7. The third-order valence-electron chi connectivity index (χ3n) is 5.44. The quantitative estimate of drug-likeness (QED) is 0.324. The molecular formula is C27H23BrN2O6. The van der Waals surface area contributed by atoms with E-state index in [2.05, 4.69) is 26.6 Å². The first-order valence-corrected chi connectivity index (χ1v) is 12.0. The number of carbonyl (C=O) groups excluding carboxylic acids is 2. The van der Waals surface area contributed by atoms with E-state index < -0.39 is 24.6 Å². The van der Waals surface area contributed by atoms with Crippen molar-refractivity contribution in [2.75, 3.05) is 13.2 Å². The minimum atomic E-state index is -1.13. The highest BCUT2D eigenvalue weighted by Crippen LogP contribution is 2.41. The molecule has 3 aromatic carbocycles. The highest BCUT2D eigenvalue weighted by molar-refractivity contribution is 9.10. The molecule has 1 aliphatic heterocycles. The zero-order valence-electron chi connectivity index (χ0n) is 19.3. The van der Waals surface area contributed by atoms with Crippen LogP contribution < -0.4 is 20.1 Å². The largest absolute Gasteiger partial charge is 0.490 e.